The van der Waals surface area contributed by atoms with Crippen LogP contribution in [0.15, 0.2) is 34.9 Å². The van der Waals surface area contributed by atoms with Crippen molar-refractivity contribution in [2.75, 3.05) is 6.54 Å². The molecular weight excluding hydrogens is 358 g/mol. The van der Waals surface area contributed by atoms with Crippen LogP contribution >= 0.6 is 0 Å². The maximum absolute atomic E-state index is 13.1. The molecule has 2 unspecified atom stereocenters. The Kier molecular flexibility index (Phi) is 6.44. The van der Waals surface area contributed by atoms with E-state index in [1.54, 1.807) is 29.2 Å². The Hall–Kier alpha value is -2.70. The summed E-state index contributed by atoms with van der Waals surface area (Å²) in [6, 6.07) is 8.64. The van der Waals surface area contributed by atoms with E-state index in [0.717, 1.165) is 25.7 Å². The smallest absolute Gasteiger partial charge is 0.311 e. The Labute approximate surface area is 164 Å². The van der Waals surface area contributed by atoms with Gasteiger partial charge in [-0.2, -0.15) is 4.98 Å². The molecule has 1 saturated heterocycles. The number of carbonyl (C=O) groups excluding carboxylic acids is 1. The highest BCUT2D eigenvalue weighted by Gasteiger charge is 2.33. The maximum Gasteiger partial charge on any atom is 0.311 e. The Morgan fingerprint density at radius 2 is 1.96 bits per heavy atom. The molecular formula is C21H27N3O4. The number of hydrogen-bond donors (Lipinski definition) is 1. The first-order valence-corrected chi connectivity index (χ1v) is 9.88. The molecule has 150 valence electrons. The number of hydrogen-bond acceptors (Lipinski definition) is 5. The summed E-state index contributed by atoms with van der Waals surface area (Å²) in [4.78, 5) is 31.2. The lowest BCUT2D eigenvalue weighted by Gasteiger charge is -2.29. The van der Waals surface area contributed by atoms with E-state index in [9.17, 15) is 14.7 Å². The Morgan fingerprint density at radius 1 is 1.21 bits per heavy atom. The Bertz CT molecular complexity index is 803. The molecule has 2 atom stereocenters. The van der Waals surface area contributed by atoms with Gasteiger partial charge in [0.15, 0.2) is 5.82 Å². The third-order valence-electron chi connectivity index (χ3n) is 5.20. The minimum Gasteiger partial charge on any atom is -0.481 e. The number of aromatic nitrogens is 2. The summed E-state index contributed by atoms with van der Waals surface area (Å²) in [5, 5.41) is 13.8. The maximum atomic E-state index is 13.1. The van der Waals surface area contributed by atoms with Crippen LogP contribution in [0.25, 0.3) is 0 Å². The standard InChI is InChI=1S/C21H27N3O4/c1-14(2)20-22-19(23-28-20)17-11-7-4-8-12-24(17)18(25)13-16(21(26)27)15-9-5-3-6-10-15/h3,5-6,9-10,14,16-17H,4,7-8,11-13H2,1-2H3,(H,26,27). The number of likely N-dealkylation sites (tertiary alicyclic amines) is 1. The van der Waals surface area contributed by atoms with Gasteiger partial charge >= 0.3 is 5.97 Å². The zero-order chi connectivity index (χ0) is 20.1. The van der Waals surface area contributed by atoms with Gasteiger partial charge < -0.3 is 14.5 Å². The van der Waals surface area contributed by atoms with Gasteiger partial charge in [0, 0.05) is 18.9 Å². The number of carbonyl (C=O) groups is 2. The number of benzene rings is 1. The van der Waals surface area contributed by atoms with Crippen LogP contribution in [-0.2, 0) is 9.59 Å². The van der Waals surface area contributed by atoms with Crippen molar-refractivity contribution in [2.24, 2.45) is 0 Å². The molecule has 3 rings (SSSR count). The molecule has 1 N–H and O–H groups in total. The van der Waals surface area contributed by atoms with Crippen molar-refractivity contribution in [3.05, 3.63) is 47.6 Å². The molecule has 7 heteroatoms. The van der Waals surface area contributed by atoms with Crippen molar-refractivity contribution in [3.63, 3.8) is 0 Å². The molecule has 1 fully saturated rings. The number of rotatable bonds is 6. The summed E-state index contributed by atoms with van der Waals surface area (Å²) in [5.41, 5.74) is 0.636. The fourth-order valence-corrected chi connectivity index (χ4v) is 3.62. The molecule has 2 aromatic rings. The van der Waals surface area contributed by atoms with Crippen molar-refractivity contribution in [2.45, 2.75) is 63.8 Å². The SMILES string of the molecule is CC(C)c1nc(C2CCCCCN2C(=O)CC(C(=O)O)c2ccccc2)no1. The number of nitrogens with zero attached hydrogens (tertiary/aromatic N) is 3. The summed E-state index contributed by atoms with van der Waals surface area (Å²) in [6.45, 7) is 4.53. The van der Waals surface area contributed by atoms with E-state index in [-0.39, 0.29) is 24.3 Å². The van der Waals surface area contributed by atoms with Gasteiger partial charge in [0.1, 0.15) is 0 Å². The van der Waals surface area contributed by atoms with Crippen molar-refractivity contribution in [1.82, 2.24) is 15.0 Å². The van der Waals surface area contributed by atoms with E-state index in [1.165, 1.54) is 0 Å². The molecule has 1 aromatic heterocycles. The van der Waals surface area contributed by atoms with E-state index in [4.69, 9.17) is 4.52 Å². The van der Waals surface area contributed by atoms with Gasteiger partial charge in [-0.3, -0.25) is 9.59 Å². The minimum absolute atomic E-state index is 0.0786. The van der Waals surface area contributed by atoms with E-state index < -0.39 is 11.9 Å². The van der Waals surface area contributed by atoms with Gasteiger partial charge in [-0.05, 0) is 18.4 Å². The summed E-state index contributed by atoms with van der Waals surface area (Å²) in [6.07, 6.45) is 3.56. The van der Waals surface area contributed by atoms with E-state index in [0.29, 0.717) is 23.8 Å². The lowest BCUT2D eigenvalue weighted by atomic mass is 9.95. The van der Waals surface area contributed by atoms with Crippen LogP contribution in [-0.4, -0.2) is 38.6 Å². The summed E-state index contributed by atoms with van der Waals surface area (Å²) >= 11 is 0. The number of carboxylic acids is 1. The summed E-state index contributed by atoms with van der Waals surface area (Å²) < 4.78 is 5.34. The lowest BCUT2D eigenvalue weighted by molar-refractivity contribution is -0.143. The first-order valence-electron chi connectivity index (χ1n) is 9.88. The zero-order valence-corrected chi connectivity index (χ0v) is 16.4. The van der Waals surface area contributed by atoms with E-state index in [2.05, 4.69) is 10.1 Å². The third-order valence-corrected chi connectivity index (χ3v) is 5.20. The topological polar surface area (TPSA) is 96.5 Å². The number of amides is 1. The first kappa shape index (κ1) is 20.0. The molecule has 0 aliphatic carbocycles. The minimum atomic E-state index is -0.993. The molecule has 1 amide bonds. The van der Waals surface area contributed by atoms with Gasteiger partial charge in [-0.1, -0.05) is 62.2 Å². The van der Waals surface area contributed by atoms with Crippen molar-refractivity contribution >= 4 is 11.9 Å². The van der Waals surface area contributed by atoms with Crippen molar-refractivity contribution < 1.29 is 19.2 Å². The van der Waals surface area contributed by atoms with Crippen LogP contribution < -0.4 is 0 Å². The normalized spacial score (nSPS) is 18.7. The zero-order valence-electron chi connectivity index (χ0n) is 16.4. The molecule has 1 aromatic carbocycles. The monoisotopic (exact) mass is 385 g/mol. The third kappa shape index (κ3) is 4.58. The fraction of sp³-hybridized carbons (Fsp3) is 0.524. The molecule has 0 radical (unpaired) electrons. The Morgan fingerprint density at radius 3 is 2.61 bits per heavy atom. The van der Waals surface area contributed by atoms with Crippen LogP contribution in [0.3, 0.4) is 0 Å². The van der Waals surface area contributed by atoms with Crippen molar-refractivity contribution in [3.8, 4) is 0 Å². The predicted octanol–water partition coefficient (Wildman–Crippen LogP) is 3.90. The highest BCUT2D eigenvalue weighted by molar-refractivity contribution is 5.86. The van der Waals surface area contributed by atoms with Crippen LogP contribution in [0.4, 0.5) is 0 Å². The van der Waals surface area contributed by atoms with Gasteiger partial charge in [0.25, 0.3) is 0 Å². The van der Waals surface area contributed by atoms with Gasteiger partial charge in [0.2, 0.25) is 11.8 Å². The van der Waals surface area contributed by atoms with Crippen LogP contribution in [0.5, 0.6) is 0 Å². The quantitative estimate of drug-likeness (QED) is 0.810. The van der Waals surface area contributed by atoms with Crippen LogP contribution in [0.2, 0.25) is 0 Å². The van der Waals surface area contributed by atoms with Crippen LogP contribution in [0, 0.1) is 0 Å². The second-order valence-corrected chi connectivity index (χ2v) is 7.60. The van der Waals surface area contributed by atoms with Gasteiger partial charge in [0.05, 0.1) is 12.0 Å². The highest BCUT2D eigenvalue weighted by Crippen LogP contribution is 2.31. The highest BCUT2D eigenvalue weighted by atomic mass is 16.5. The molecule has 0 saturated carbocycles. The molecule has 1 aliphatic heterocycles. The molecule has 0 spiro atoms. The van der Waals surface area contributed by atoms with Crippen LogP contribution in [0.1, 0.15) is 81.1 Å². The van der Waals surface area contributed by atoms with Crippen molar-refractivity contribution in [1.29, 1.82) is 0 Å². The van der Waals surface area contributed by atoms with E-state index >= 15 is 0 Å². The Balaban J connectivity index is 1.82. The lowest BCUT2D eigenvalue weighted by Crippen LogP contribution is -2.37. The van der Waals surface area contributed by atoms with E-state index in [1.807, 2.05) is 19.9 Å². The fourth-order valence-electron chi connectivity index (χ4n) is 3.62. The first-order chi connectivity index (χ1) is 13.5. The summed E-state index contributed by atoms with van der Waals surface area (Å²) in [5.74, 6) is -0.851. The molecule has 0 bridgehead atoms. The molecule has 2 heterocycles. The number of aliphatic carboxylic acids is 1. The van der Waals surface area contributed by atoms with Gasteiger partial charge in [-0.15, -0.1) is 0 Å². The predicted molar refractivity (Wildman–Crippen MR) is 103 cm³/mol. The van der Waals surface area contributed by atoms with Gasteiger partial charge in [-0.25, -0.2) is 0 Å². The average molecular weight is 385 g/mol. The number of carboxylic acid groups (broad SMARTS) is 1. The second-order valence-electron chi connectivity index (χ2n) is 7.60. The molecule has 7 nitrogen and oxygen atoms in total. The average Bonchev–Trinajstić information content (AvgIpc) is 3.05. The summed E-state index contributed by atoms with van der Waals surface area (Å²) in [7, 11) is 0. The second kappa shape index (κ2) is 8.99. The molecule has 28 heavy (non-hydrogen) atoms. The molecule has 1 aliphatic rings. The largest absolute Gasteiger partial charge is 0.481 e.